The molecule has 1 radical (unpaired) electrons. The van der Waals surface area contributed by atoms with Crippen LogP contribution in [0.2, 0.25) is 0 Å². The molecular weight excluding hydrogens is 200 g/mol. The summed E-state index contributed by atoms with van der Waals surface area (Å²) in [6.45, 7) is 6.28. The Kier molecular flexibility index (Phi) is 2.34. The Bertz CT molecular complexity index is 487. The highest BCUT2D eigenvalue weighted by molar-refractivity contribution is 5.99. The molecule has 83 valence electrons. The van der Waals surface area contributed by atoms with E-state index in [0.29, 0.717) is 0 Å². The van der Waals surface area contributed by atoms with E-state index in [1.54, 1.807) is 0 Å². The molecule has 1 N–H and O–H groups in total. The number of nitrogens with one attached hydrogen (secondary N) is 1. The van der Waals surface area contributed by atoms with Gasteiger partial charge in [-0.15, -0.1) is 0 Å². The number of nitrogens with zero attached hydrogens (tertiary/aromatic N) is 1. The van der Waals surface area contributed by atoms with Gasteiger partial charge in [0, 0.05) is 11.1 Å². The van der Waals surface area contributed by atoms with Gasteiger partial charge in [0.1, 0.15) is 0 Å². The van der Waals surface area contributed by atoms with Gasteiger partial charge in [-0.25, -0.2) is 0 Å². The largest absolute Gasteiger partial charge is 0.273 e. The van der Waals surface area contributed by atoms with E-state index >= 15 is 0 Å². The number of fused-ring (bicyclic) bond motifs is 1. The molecule has 0 aliphatic carbocycles. The van der Waals surface area contributed by atoms with Crippen molar-refractivity contribution in [3.8, 4) is 0 Å². The summed E-state index contributed by atoms with van der Waals surface area (Å²) in [6.07, 6.45) is 0.183. The van der Waals surface area contributed by atoms with Crippen LogP contribution in [-0.4, -0.2) is 11.6 Å². The summed E-state index contributed by atoms with van der Waals surface area (Å²) < 4.78 is 0. The lowest BCUT2D eigenvalue weighted by molar-refractivity contribution is -0.118. The number of carbonyl (C=O) groups is 1. The van der Waals surface area contributed by atoms with Crippen molar-refractivity contribution < 1.29 is 4.79 Å². The molecule has 1 aromatic rings. The standard InChI is InChI=1S/C13H15N2O/c1-8-13(2,3)10-6-9(7-12(14)16)4-5-11(10)15-8/h4-6,14H,7H2,1-3H3. The van der Waals surface area contributed by atoms with Gasteiger partial charge >= 0.3 is 0 Å². The number of carbonyl (C=O) groups excluding carboxylic acids is 1. The number of hydrogen-bond acceptors (Lipinski definition) is 2. The van der Waals surface area contributed by atoms with Crippen LogP contribution < -0.4 is 5.73 Å². The Morgan fingerprint density at radius 1 is 1.44 bits per heavy atom. The van der Waals surface area contributed by atoms with Gasteiger partial charge in [0.2, 0.25) is 5.91 Å². The van der Waals surface area contributed by atoms with Gasteiger partial charge in [0.15, 0.2) is 0 Å². The Hall–Kier alpha value is -1.64. The van der Waals surface area contributed by atoms with Crippen molar-refractivity contribution in [2.75, 3.05) is 0 Å². The lowest BCUT2D eigenvalue weighted by Gasteiger charge is -2.20. The van der Waals surface area contributed by atoms with Crippen molar-refractivity contribution in [3.05, 3.63) is 29.3 Å². The van der Waals surface area contributed by atoms with Crippen LogP contribution in [0.3, 0.4) is 0 Å². The summed E-state index contributed by atoms with van der Waals surface area (Å²) in [5.41, 5.74) is 11.1. The number of benzene rings is 1. The van der Waals surface area contributed by atoms with Crippen LogP contribution in [0.4, 0.5) is 5.69 Å². The third-order valence-electron chi connectivity index (χ3n) is 3.29. The van der Waals surface area contributed by atoms with Crippen molar-refractivity contribution in [1.82, 2.24) is 5.73 Å². The molecule has 0 saturated heterocycles. The van der Waals surface area contributed by atoms with Crippen molar-refractivity contribution in [1.29, 1.82) is 0 Å². The van der Waals surface area contributed by atoms with Crippen LogP contribution in [0.5, 0.6) is 0 Å². The first-order valence-corrected chi connectivity index (χ1v) is 5.35. The third kappa shape index (κ3) is 1.62. The molecule has 0 bridgehead atoms. The van der Waals surface area contributed by atoms with Crippen molar-refractivity contribution in [3.63, 3.8) is 0 Å². The topological polar surface area (TPSA) is 53.2 Å². The van der Waals surface area contributed by atoms with Crippen LogP contribution >= 0.6 is 0 Å². The summed E-state index contributed by atoms with van der Waals surface area (Å²) >= 11 is 0. The summed E-state index contributed by atoms with van der Waals surface area (Å²) in [7, 11) is 0. The maximum atomic E-state index is 10.8. The van der Waals surface area contributed by atoms with E-state index < -0.39 is 5.91 Å². The second-order valence-electron chi connectivity index (χ2n) is 4.77. The zero-order valence-corrected chi connectivity index (χ0v) is 9.79. The maximum absolute atomic E-state index is 10.8. The molecule has 3 heteroatoms. The second kappa shape index (κ2) is 3.44. The monoisotopic (exact) mass is 215 g/mol. The van der Waals surface area contributed by atoms with Gasteiger partial charge in [0.25, 0.3) is 0 Å². The predicted molar refractivity (Wildman–Crippen MR) is 64.0 cm³/mol. The molecule has 3 nitrogen and oxygen atoms in total. The Morgan fingerprint density at radius 2 is 2.12 bits per heavy atom. The molecule has 0 spiro atoms. The molecule has 1 aliphatic heterocycles. The number of rotatable bonds is 2. The fourth-order valence-corrected chi connectivity index (χ4v) is 1.99. The molecule has 0 saturated carbocycles. The highest BCUT2D eigenvalue weighted by Crippen LogP contribution is 2.40. The van der Waals surface area contributed by atoms with E-state index in [0.717, 1.165) is 22.5 Å². The van der Waals surface area contributed by atoms with Gasteiger partial charge < -0.3 is 0 Å². The van der Waals surface area contributed by atoms with Crippen LogP contribution in [0.15, 0.2) is 23.2 Å². The number of hydrogen-bond donors (Lipinski definition) is 0. The molecule has 0 aromatic heterocycles. The summed E-state index contributed by atoms with van der Waals surface area (Å²) in [4.78, 5) is 15.3. The molecule has 1 amide bonds. The Morgan fingerprint density at radius 3 is 2.75 bits per heavy atom. The molecule has 16 heavy (non-hydrogen) atoms. The van der Waals surface area contributed by atoms with Gasteiger partial charge in [-0.3, -0.25) is 15.5 Å². The first-order chi connectivity index (χ1) is 7.41. The first-order valence-electron chi connectivity index (χ1n) is 5.35. The zero-order chi connectivity index (χ0) is 11.9. The minimum Gasteiger partial charge on any atom is -0.273 e. The van der Waals surface area contributed by atoms with Crippen LogP contribution in [0.1, 0.15) is 31.9 Å². The first kappa shape index (κ1) is 10.9. The normalized spacial score (nSPS) is 16.8. The maximum Gasteiger partial charge on any atom is 0.242 e. The quantitative estimate of drug-likeness (QED) is 0.747. The Labute approximate surface area is 95.4 Å². The average Bonchev–Trinajstić information content (AvgIpc) is 2.39. The van der Waals surface area contributed by atoms with E-state index in [1.165, 1.54) is 0 Å². The SMILES string of the molecule is CC1=Nc2ccc(CC([NH])=O)cc2C1(C)C. The predicted octanol–water partition coefficient (Wildman–Crippen LogP) is 2.42. The molecule has 0 unspecified atom stereocenters. The molecular formula is C13H15N2O. The summed E-state index contributed by atoms with van der Waals surface area (Å²) in [6, 6.07) is 5.82. The molecule has 0 atom stereocenters. The lowest BCUT2D eigenvalue weighted by Crippen LogP contribution is -2.22. The third-order valence-corrected chi connectivity index (χ3v) is 3.29. The second-order valence-corrected chi connectivity index (χ2v) is 4.77. The average molecular weight is 215 g/mol. The van der Waals surface area contributed by atoms with Gasteiger partial charge in [-0.05, 0) is 24.1 Å². The zero-order valence-electron chi connectivity index (χ0n) is 9.79. The highest BCUT2D eigenvalue weighted by atomic mass is 16.1. The van der Waals surface area contributed by atoms with Gasteiger partial charge in [0.05, 0.1) is 12.1 Å². The van der Waals surface area contributed by atoms with Crippen LogP contribution in [0, 0.1) is 0 Å². The van der Waals surface area contributed by atoms with E-state index in [9.17, 15) is 4.79 Å². The molecule has 1 aromatic carbocycles. The van der Waals surface area contributed by atoms with Crippen LogP contribution in [0.25, 0.3) is 0 Å². The number of aliphatic imine (C=N–C) groups is 1. The highest BCUT2D eigenvalue weighted by Gasteiger charge is 2.32. The summed E-state index contributed by atoms with van der Waals surface area (Å²) in [5.74, 6) is -0.548. The fraction of sp³-hybridized carbons (Fsp3) is 0.385. The van der Waals surface area contributed by atoms with Crippen molar-refractivity contribution in [2.24, 2.45) is 4.99 Å². The molecule has 1 aliphatic rings. The van der Waals surface area contributed by atoms with E-state index in [1.807, 2.05) is 25.1 Å². The fourth-order valence-electron chi connectivity index (χ4n) is 1.99. The summed E-state index contributed by atoms with van der Waals surface area (Å²) in [5, 5.41) is 0. The van der Waals surface area contributed by atoms with Crippen molar-refractivity contribution in [2.45, 2.75) is 32.6 Å². The molecule has 0 fully saturated rings. The van der Waals surface area contributed by atoms with E-state index in [4.69, 9.17) is 5.73 Å². The van der Waals surface area contributed by atoms with Crippen molar-refractivity contribution >= 4 is 17.3 Å². The molecule has 1 heterocycles. The molecule has 2 rings (SSSR count). The van der Waals surface area contributed by atoms with Gasteiger partial charge in [-0.1, -0.05) is 26.0 Å². The van der Waals surface area contributed by atoms with E-state index in [2.05, 4.69) is 18.8 Å². The van der Waals surface area contributed by atoms with Crippen LogP contribution in [-0.2, 0) is 16.6 Å². The lowest BCUT2D eigenvalue weighted by atomic mass is 9.81. The number of amides is 1. The smallest absolute Gasteiger partial charge is 0.242 e. The Balaban J connectivity index is 2.44. The minimum absolute atomic E-state index is 0.0591. The van der Waals surface area contributed by atoms with E-state index in [-0.39, 0.29) is 11.8 Å². The van der Waals surface area contributed by atoms with Gasteiger partial charge in [-0.2, -0.15) is 0 Å². The minimum atomic E-state index is -0.548.